The normalized spacial score (nSPS) is 17.3. The highest BCUT2D eigenvalue weighted by Crippen LogP contribution is 2.33. The van der Waals surface area contributed by atoms with Crippen LogP contribution in [0.25, 0.3) is 6.08 Å². The SMILES string of the molecule is O=C1N=C(N2CCN(c3ccccc3)CC2)SC1=Cc1ccccc1OCc1ccccc1Cl. The van der Waals surface area contributed by atoms with Crippen LogP contribution < -0.4 is 9.64 Å². The van der Waals surface area contributed by atoms with Crippen LogP contribution in [0.5, 0.6) is 5.75 Å². The number of anilines is 1. The molecule has 0 saturated carbocycles. The van der Waals surface area contributed by atoms with Gasteiger partial charge >= 0.3 is 0 Å². The third kappa shape index (κ3) is 5.13. The van der Waals surface area contributed by atoms with Crippen molar-refractivity contribution in [2.24, 2.45) is 4.99 Å². The Morgan fingerprint density at radius 1 is 0.882 bits per heavy atom. The smallest absolute Gasteiger partial charge is 0.286 e. The monoisotopic (exact) mass is 489 g/mol. The molecule has 0 unspecified atom stereocenters. The Kier molecular flexibility index (Phi) is 6.88. The number of hydrogen-bond acceptors (Lipinski definition) is 5. The summed E-state index contributed by atoms with van der Waals surface area (Å²) < 4.78 is 6.04. The number of carbonyl (C=O) groups is 1. The van der Waals surface area contributed by atoms with Crippen LogP contribution in [-0.2, 0) is 11.4 Å². The first-order chi connectivity index (χ1) is 16.7. The fourth-order valence-electron chi connectivity index (χ4n) is 3.97. The van der Waals surface area contributed by atoms with E-state index >= 15 is 0 Å². The summed E-state index contributed by atoms with van der Waals surface area (Å²) in [5.41, 5.74) is 2.99. The predicted octanol–water partition coefficient (Wildman–Crippen LogP) is 5.71. The van der Waals surface area contributed by atoms with Crippen molar-refractivity contribution in [2.45, 2.75) is 6.61 Å². The van der Waals surface area contributed by atoms with Gasteiger partial charge < -0.3 is 14.5 Å². The first-order valence-electron chi connectivity index (χ1n) is 11.2. The number of ether oxygens (including phenoxy) is 1. The lowest BCUT2D eigenvalue weighted by Gasteiger charge is -2.36. The highest BCUT2D eigenvalue weighted by Gasteiger charge is 2.28. The van der Waals surface area contributed by atoms with Gasteiger partial charge in [-0.25, -0.2) is 0 Å². The molecule has 1 fully saturated rings. The van der Waals surface area contributed by atoms with Crippen LogP contribution in [0, 0.1) is 0 Å². The molecule has 3 aromatic carbocycles. The fourth-order valence-corrected chi connectivity index (χ4v) is 5.12. The molecule has 0 radical (unpaired) electrons. The van der Waals surface area contributed by atoms with Gasteiger partial charge in [-0.05, 0) is 42.1 Å². The van der Waals surface area contributed by atoms with E-state index in [0.29, 0.717) is 22.3 Å². The van der Waals surface area contributed by atoms with Gasteiger partial charge in [0.1, 0.15) is 12.4 Å². The van der Waals surface area contributed by atoms with E-state index in [1.54, 1.807) is 0 Å². The molecule has 0 aromatic heterocycles. The van der Waals surface area contributed by atoms with Gasteiger partial charge in [-0.2, -0.15) is 4.99 Å². The number of nitrogens with zero attached hydrogens (tertiary/aromatic N) is 3. The van der Waals surface area contributed by atoms with Crippen molar-refractivity contribution in [2.75, 3.05) is 31.1 Å². The molecule has 34 heavy (non-hydrogen) atoms. The van der Waals surface area contributed by atoms with E-state index in [-0.39, 0.29) is 5.91 Å². The summed E-state index contributed by atoms with van der Waals surface area (Å²) in [5.74, 6) is 0.500. The zero-order valence-corrected chi connectivity index (χ0v) is 20.1. The summed E-state index contributed by atoms with van der Waals surface area (Å²) in [6.07, 6.45) is 1.87. The van der Waals surface area contributed by atoms with Crippen molar-refractivity contribution in [1.29, 1.82) is 0 Å². The Labute approximate surface area is 208 Å². The molecule has 0 aliphatic carbocycles. The van der Waals surface area contributed by atoms with E-state index in [0.717, 1.165) is 42.5 Å². The van der Waals surface area contributed by atoms with Crippen LogP contribution in [0.2, 0.25) is 5.02 Å². The number of amides is 1. The fraction of sp³-hybridized carbons (Fsp3) is 0.185. The van der Waals surface area contributed by atoms with E-state index in [9.17, 15) is 4.79 Å². The molecule has 0 spiro atoms. The third-order valence-corrected chi connectivity index (χ3v) is 7.24. The second kappa shape index (κ2) is 10.4. The summed E-state index contributed by atoms with van der Waals surface area (Å²) >= 11 is 7.69. The lowest BCUT2D eigenvalue weighted by Crippen LogP contribution is -2.47. The third-order valence-electron chi connectivity index (χ3n) is 5.83. The Balaban J connectivity index is 1.24. The number of aliphatic imine (C=N–C) groups is 1. The van der Waals surface area contributed by atoms with E-state index in [4.69, 9.17) is 16.3 Å². The molecule has 5 rings (SSSR count). The first kappa shape index (κ1) is 22.6. The molecule has 3 aromatic rings. The van der Waals surface area contributed by atoms with Gasteiger partial charge in [0.2, 0.25) is 0 Å². The number of halogens is 1. The van der Waals surface area contributed by atoms with Gasteiger partial charge in [0.25, 0.3) is 5.91 Å². The lowest BCUT2D eigenvalue weighted by atomic mass is 10.2. The maximum absolute atomic E-state index is 12.7. The maximum Gasteiger partial charge on any atom is 0.286 e. The number of benzene rings is 3. The number of para-hydroxylation sites is 2. The summed E-state index contributed by atoms with van der Waals surface area (Å²) in [4.78, 5) is 22.2. The second-order valence-corrected chi connectivity index (χ2v) is 9.45. The summed E-state index contributed by atoms with van der Waals surface area (Å²) in [6.45, 7) is 3.82. The van der Waals surface area contributed by atoms with Crippen LogP contribution in [0.4, 0.5) is 5.69 Å². The number of hydrogen-bond donors (Lipinski definition) is 0. The van der Waals surface area contributed by atoms with Crippen LogP contribution >= 0.6 is 23.4 Å². The average Bonchev–Trinajstić information content (AvgIpc) is 3.25. The van der Waals surface area contributed by atoms with Crippen LogP contribution in [-0.4, -0.2) is 42.2 Å². The predicted molar refractivity (Wildman–Crippen MR) is 140 cm³/mol. The summed E-state index contributed by atoms with van der Waals surface area (Å²) in [6, 6.07) is 25.7. The molecule has 7 heteroatoms. The Morgan fingerprint density at radius 3 is 2.35 bits per heavy atom. The van der Waals surface area contributed by atoms with Crippen LogP contribution in [0.3, 0.4) is 0 Å². The minimum Gasteiger partial charge on any atom is -0.488 e. The molecular formula is C27H24ClN3O2S. The van der Waals surface area contributed by atoms with Gasteiger partial charge in [-0.15, -0.1) is 0 Å². The highest BCUT2D eigenvalue weighted by atomic mass is 35.5. The molecule has 5 nitrogen and oxygen atoms in total. The Morgan fingerprint density at radius 2 is 1.56 bits per heavy atom. The molecular weight excluding hydrogens is 466 g/mol. The average molecular weight is 490 g/mol. The van der Waals surface area contributed by atoms with E-state index in [1.165, 1.54) is 17.4 Å². The highest BCUT2D eigenvalue weighted by molar-refractivity contribution is 8.18. The molecule has 172 valence electrons. The van der Waals surface area contributed by atoms with Crippen molar-refractivity contribution in [1.82, 2.24) is 4.90 Å². The molecule has 0 atom stereocenters. The van der Waals surface area contributed by atoms with E-state index in [2.05, 4.69) is 39.1 Å². The number of rotatable bonds is 5. The minimum atomic E-state index is -0.202. The molecule has 0 N–H and O–H groups in total. The largest absolute Gasteiger partial charge is 0.488 e. The Hall–Kier alpha value is -3.22. The lowest BCUT2D eigenvalue weighted by molar-refractivity contribution is -0.113. The van der Waals surface area contributed by atoms with E-state index in [1.807, 2.05) is 60.7 Å². The molecule has 2 aliphatic heterocycles. The number of amidine groups is 1. The zero-order chi connectivity index (χ0) is 23.3. The standard InChI is InChI=1S/C27H24ClN3O2S/c28-23-12-6-4-9-21(23)19-33-24-13-7-5-8-20(24)18-25-26(32)29-27(34-25)31-16-14-30(15-17-31)22-10-2-1-3-11-22/h1-13,18H,14-17,19H2. The molecule has 0 bridgehead atoms. The Bertz CT molecular complexity index is 1240. The minimum absolute atomic E-state index is 0.202. The quantitative estimate of drug-likeness (QED) is 0.429. The van der Waals surface area contributed by atoms with Gasteiger partial charge in [0.05, 0.1) is 4.91 Å². The molecule has 1 amide bonds. The van der Waals surface area contributed by atoms with Gasteiger partial charge in [-0.1, -0.05) is 66.2 Å². The van der Waals surface area contributed by atoms with Gasteiger partial charge in [0, 0.05) is 48.0 Å². The van der Waals surface area contributed by atoms with Crippen molar-refractivity contribution >= 4 is 46.2 Å². The summed E-state index contributed by atoms with van der Waals surface area (Å²) in [7, 11) is 0. The second-order valence-electron chi connectivity index (χ2n) is 8.04. The zero-order valence-electron chi connectivity index (χ0n) is 18.6. The van der Waals surface area contributed by atoms with Crippen molar-refractivity contribution < 1.29 is 9.53 Å². The van der Waals surface area contributed by atoms with Gasteiger partial charge in [0.15, 0.2) is 5.17 Å². The number of thioether (sulfide) groups is 1. The van der Waals surface area contributed by atoms with Crippen molar-refractivity contribution in [3.05, 3.63) is 99.9 Å². The van der Waals surface area contributed by atoms with Crippen LogP contribution in [0.15, 0.2) is 88.8 Å². The maximum atomic E-state index is 12.7. The van der Waals surface area contributed by atoms with Gasteiger partial charge in [-0.3, -0.25) is 4.79 Å². The van der Waals surface area contributed by atoms with Crippen molar-refractivity contribution in [3.63, 3.8) is 0 Å². The molecule has 2 aliphatic rings. The summed E-state index contributed by atoms with van der Waals surface area (Å²) in [5, 5.41) is 1.45. The molecule has 2 heterocycles. The topological polar surface area (TPSA) is 45.1 Å². The van der Waals surface area contributed by atoms with E-state index < -0.39 is 0 Å². The number of carbonyl (C=O) groups excluding carboxylic acids is 1. The first-order valence-corrected chi connectivity index (χ1v) is 12.4. The van der Waals surface area contributed by atoms with Crippen molar-refractivity contribution in [3.8, 4) is 5.75 Å². The number of piperazine rings is 1. The molecule has 1 saturated heterocycles. The van der Waals surface area contributed by atoms with Crippen LogP contribution in [0.1, 0.15) is 11.1 Å².